The molecular formula is C18H16F2N2O4S. The summed E-state index contributed by atoms with van der Waals surface area (Å²) in [5, 5.41) is 8.43. The van der Waals surface area contributed by atoms with Crippen LogP contribution in [0.25, 0.3) is 11.5 Å². The van der Waals surface area contributed by atoms with E-state index >= 15 is 0 Å². The summed E-state index contributed by atoms with van der Waals surface area (Å²) in [6.45, 7) is -2.91. The van der Waals surface area contributed by atoms with E-state index in [9.17, 15) is 8.78 Å². The summed E-state index contributed by atoms with van der Waals surface area (Å²) in [4.78, 5) is 0. The van der Waals surface area contributed by atoms with Crippen molar-refractivity contribution in [1.29, 1.82) is 0 Å². The topological polar surface area (TPSA) is 66.6 Å². The number of benzene rings is 2. The first kappa shape index (κ1) is 19.0. The van der Waals surface area contributed by atoms with E-state index in [1.54, 1.807) is 19.2 Å². The Morgan fingerprint density at radius 3 is 2.44 bits per heavy atom. The van der Waals surface area contributed by atoms with Crippen molar-refractivity contribution in [2.45, 2.75) is 17.6 Å². The Bertz CT molecular complexity index is 887. The lowest BCUT2D eigenvalue weighted by molar-refractivity contribution is -0.0512. The lowest BCUT2D eigenvalue weighted by Gasteiger charge is -2.10. The fourth-order valence-corrected chi connectivity index (χ4v) is 2.96. The van der Waals surface area contributed by atoms with Crippen molar-refractivity contribution in [3.63, 3.8) is 0 Å². The van der Waals surface area contributed by atoms with Crippen molar-refractivity contribution >= 4 is 11.8 Å². The summed E-state index contributed by atoms with van der Waals surface area (Å²) >= 11 is 1.33. The van der Waals surface area contributed by atoms with Gasteiger partial charge in [-0.05, 0) is 42.0 Å². The van der Waals surface area contributed by atoms with E-state index in [1.165, 1.54) is 24.9 Å². The molecule has 0 bridgehead atoms. The number of nitrogens with zero attached hydrogens (tertiary/aromatic N) is 2. The molecule has 9 heteroatoms. The molecule has 3 aromatic rings. The van der Waals surface area contributed by atoms with Gasteiger partial charge in [0.2, 0.25) is 5.89 Å². The third-order valence-electron chi connectivity index (χ3n) is 3.55. The smallest absolute Gasteiger partial charge is 0.387 e. The Hall–Kier alpha value is -2.81. The average molecular weight is 394 g/mol. The number of alkyl halides is 2. The number of rotatable bonds is 8. The molecule has 0 N–H and O–H groups in total. The van der Waals surface area contributed by atoms with Crippen molar-refractivity contribution in [1.82, 2.24) is 10.2 Å². The zero-order valence-electron chi connectivity index (χ0n) is 14.5. The largest absolute Gasteiger partial charge is 0.497 e. The first-order valence-corrected chi connectivity index (χ1v) is 8.80. The number of methoxy groups -OCH3 is 2. The third-order valence-corrected chi connectivity index (χ3v) is 4.44. The molecular weight excluding hydrogens is 378 g/mol. The monoisotopic (exact) mass is 394 g/mol. The molecule has 0 aliphatic carbocycles. The summed E-state index contributed by atoms with van der Waals surface area (Å²) in [6, 6.07) is 12.0. The highest BCUT2D eigenvalue weighted by Gasteiger charge is 2.13. The minimum Gasteiger partial charge on any atom is -0.497 e. The van der Waals surface area contributed by atoms with Crippen LogP contribution in [0.3, 0.4) is 0 Å². The molecule has 0 aliphatic rings. The summed E-state index contributed by atoms with van der Waals surface area (Å²) < 4.78 is 45.0. The Kier molecular flexibility index (Phi) is 6.12. The number of ether oxygens (including phenoxy) is 3. The molecule has 0 unspecified atom stereocenters. The zero-order valence-corrected chi connectivity index (χ0v) is 15.3. The van der Waals surface area contributed by atoms with Gasteiger partial charge in [0.1, 0.15) is 5.75 Å². The van der Waals surface area contributed by atoms with Gasteiger partial charge in [-0.1, -0.05) is 17.8 Å². The van der Waals surface area contributed by atoms with E-state index in [-0.39, 0.29) is 11.5 Å². The van der Waals surface area contributed by atoms with Crippen molar-refractivity contribution in [3.05, 3.63) is 48.0 Å². The van der Waals surface area contributed by atoms with E-state index in [4.69, 9.17) is 13.9 Å². The van der Waals surface area contributed by atoms with Crippen LogP contribution in [-0.2, 0) is 5.75 Å². The van der Waals surface area contributed by atoms with E-state index in [2.05, 4.69) is 14.9 Å². The fraction of sp³-hybridized carbons (Fsp3) is 0.222. The Balaban J connectivity index is 1.65. The van der Waals surface area contributed by atoms with Crippen LogP contribution in [0.15, 0.2) is 52.1 Å². The molecule has 0 saturated heterocycles. The number of halogens is 2. The first-order valence-electron chi connectivity index (χ1n) is 7.81. The normalized spacial score (nSPS) is 10.9. The highest BCUT2D eigenvalue weighted by Crippen LogP contribution is 2.32. The molecule has 1 aromatic heterocycles. The van der Waals surface area contributed by atoms with Gasteiger partial charge in [-0.25, -0.2) is 0 Å². The maximum Gasteiger partial charge on any atom is 0.387 e. The van der Waals surface area contributed by atoms with Crippen molar-refractivity contribution < 1.29 is 27.4 Å². The average Bonchev–Trinajstić information content (AvgIpc) is 3.16. The van der Waals surface area contributed by atoms with Crippen LogP contribution < -0.4 is 14.2 Å². The fourth-order valence-electron chi connectivity index (χ4n) is 2.26. The lowest BCUT2D eigenvalue weighted by atomic mass is 10.2. The van der Waals surface area contributed by atoms with Gasteiger partial charge >= 0.3 is 6.61 Å². The predicted molar refractivity (Wildman–Crippen MR) is 95.5 cm³/mol. The second kappa shape index (κ2) is 8.72. The number of aromatic nitrogens is 2. The Morgan fingerprint density at radius 1 is 1.00 bits per heavy atom. The van der Waals surface area contributed by atoms with Gasteiger partial charge < -0.3 is 18.6 Å². The molecule has 0 spiro atoms. The highest BCUT2D eigenvalue weighted by atomic mass is 32.2. The van der Waals surface area contributed by atoms with Gasteiger partial charge in [0.25, 0.3) is 5.22 Å². The summed E-state index contributed by atoms with van der Waals surface area (Å²) in [5.41, 5.74) is 1.62. The van der Waals surface area contributed by atoms with Crippen LogP contribution in [-0.4, -0.2) is 31.0 Å². The minimum absolute atomic E-state index is 0.0131. The SMILES string of the molecule is COc1ccc(-c2nnc(SCc3ccc(OC(F)F)c(OC)c3)o2)cc1. The third kappa shape index (κ3) is 4.88. The highest BCUT2D eigenvalue weighted by molar-refractivity contribution is 7.98. The second-order valence-corrected chi connectivity index (χ2v) is 6.18. The molecule has 3 rings (SSSR count). The van der Waals surface area contributed by atoms with Crippen LogP contribution in [0.1, 0.15) is 5.56 Å². The predicted octanol–water partition coefficient (Wildman–Crippen LogP) is 4.65. The van der Waals surface area contributed by atoms with Crippen molar-refractivity contribution in [3.8, 4) is 28.7 Å². The van der Waals surface area contributed by atoms with Crippen LogP contribution in [0.4, 0.5) is 8.78 Å². The van der Waals surface area contributed by atoms with Crippen molar-refractivity contribution in [2.24, 2.45) is 0 Å². The molecule has 0 atom stereocenters. The minimum atomic E-state index is -2.91. The molecule has 6 nitrogen and oxygen atoms in total. The molecule has 0 amide bonds. The number of hydrogen-bond donors (Lipinski definition) is 0. The standard InChI is InChI=1S/C18H16F2N2O4S/c1-23-13-6-4-12(5-7-13)16-21-22-18(26-16)27-10-11-3-8-14(25-17(19)20)15(9-11)24-2/h3-9,17H,10H2,1-2H3. The van der Waals surface area contributed by atoms with Crippen molar-refractivity contribution in [2.75, 3.05) is 14.2 Å². The van der Waals surface area contributed by atoms with E-state index in [0.717, 1.165) is 16.9 Å². The van der Waals surface area contributed by atoms with Gasteiger partial charge in [0, 0.05) is 11.3 Å². The molecule has 1 heterocycles. The van der Waals surface area contributed by atoms with Crippen LogP contribution in [0.2, 0.25) is 0 Å². The molecule has 0 aliphatic heterocycles. The summed E-state index contributed by atoms with van der Waals surface area (Å²) in [7, 11) is 2.99. The van der Waals surface area contributed by atoms with E-state index in [1.807, 2.05) is 24.3 Å². The second-order valence-electron chi connectivity index (χ2n) is 5.25. The van der Waals surface area contributed by atoms with Crippen LogP contribution >= 0.6 is 11.8 Å². The number of hydrogen-bond acceptors (Lipinski definition) is 7. The molecule has 27 heavy (non-hydrogen) atoms. The zero-order chi connectivity index (χ0) is 19.2. The first-order chi connectivity index (χ1) is 13.1. The lowest BCUT2D eigenvalue weighted by Crippen LogP contribution is -2.03. The quantitative estimate of drug-likeness (QED) is 0.515. The summed E-state index contributed by atoms with van der Waals surface area (Å²) in [5.74, 6) is 1.86. The maximum absolute atomic E-state index is 12.4. The maximum atomic E-state index is 12.4. The molecule has 0 radical (unpaired) electrons. The molecule has 0 saturated carbocycles. The van der Waals surface area contributed by atoms with Gasteiger partial charge in [-0.2, -0.15) is 8.78 Å². The summed E-state index contributed by atoms with van der Waals surface area (Å²) in [6.07, 6.45) is 0. The van der Waals surface area contributed by atoms with Gasteiger partial charge in [0.05, 0.1) is 14.2 Å². The van der Waals surface area contributed by atoms with Gasteiger partial charge in [-0.3, -0.25) is 0 Å². The van der Waals surface area contributed by atoms with Gasteiger partial charge in [-0.15, -0.1) is 10.2 Å². The molecule has 142 valence electrons. The molecule has 2 aromatic carbocycles. The van der Waals surface area contributed by atoms with E-state index in [0.29, 0.717) is 16.9 Å². The number of thioether (sulfide) groups is 1. The van der Waals surface area contributed by atoms with Crippen LogP contribution in [0.5, 0.6) is 17.2 Å². The molecule has 0 fully saturated rings. The van der Waals surface area contributed by atoms with Gasteiger partial charge in [0.15, 0.2) is 11.5 Å². The van der Waals surface area contributed by atoms with Crippen LogP contribution in [0, 0.1) is 0 Å². The Labute approximate surface area is 158 Å². The van der Waals surface area contributed by atoms with E-state index < -0.39 is 6.61 Å². The Morgan fingerprint density at radius 2 is 1.78 bits per heavy atom.